The standard InChI is InChI=1S/C29H27ClFN5O3/c30-21-15-19(10-11-22(21)31)34-29-20-16-24(35-28(38)9-6-14-36-12-4-1-5-13-36)27(17-23(20)32-18-33-29)39-26-8-3-2-7-25(26)37/h2-3,6-11,15-18,37H,1,4-5,12-14H2,(H,35,38)(H,32,33,34)/b9-6+. The number of anilines is 3. The number of hydrogen-bond acceptors (Lipinski definition) is 7. The monoisotopic (exact) mass is 547 g/mol. The number of nitrogens with one attached hydrogen (secondary N) is 2. The molecule has 0 atom stereocenters. The number of carbonyl (C=O) groups is 1. The summed E-state index contributed by atoms with van der Waals surface area (Å²) in [5.74, 6) is 0.0317. The number of phenolic OH excluding ortho intramolecular Hbond substituents is 1. The van der Waals surface area contributed by atoms with Gasteiger partial charge in [-0.3, -0.25) is 9.69 Å². The predicted molar refractivity (Wildman–Crippen MR) is 150 cm³/mol. The normalized spacial score (nSPS) is 14.0. The third-order valence-corrected chi connectivity index (χ3v) is 6.63. The average molecular weight is 548 g/mol. The van der Waals surface area contributed by atoms with Gasteiger partial charge < -0.3 is 20.5 Å². The number of likely N-dealkylation sites (tertiary alicyclic amines) is 1. The summed E-state index contributed by atoms with van der Waals surface area (Å²) in [5, 5.41) is 16.8. The molecule has 0 saturated carbocycles. The van der Waals surface area contributed by atoms with Crippen molar-refractivity contribution in [2.45, 2.75) is 19.3 Å². The van der Waals surface area contributed by atoms with Crippen molar-refractivity contribution in [2.75, 3.05) is 30.3 Å². The maximum Gasteiger partial charge on any atom is 0.248 e. The molecule has 0 unspecified atom stereocenters. The van der Waals surface area contributed by atoms with E-state index in [4.69, 9.17) is 16.3 Å². The lowest BCUT2D eigenvalue weighted by Gasteiger charge is -2.24. The van der Waals surface area contributed by atoms with E-state index in [0.717, 1.165) is 13.1 Å². The Morgan fingerprint density at radius 2 is 1.90 bits per heavy atom. The molecule has 1 saturated heterocycles. The molecule has 8 nitrogen and oxygen atoms in total. The van der Waals surface area contributed by atoms with Crippen molar-refractivity contribution in [3.05, 3.63) is 83.9 Å². The molecule has 4 aromatic rings. The van der Waals surface area contributed by atoms with Gasteiger partial charge in [0.25, 0.3) is 0 Å². The van der Waals surface area contributed by atoms with Gasteiger partial charge in [0.15, 0.2) is 17.2 Å². The molecule has 3 N–H and O–H groups in total. The molecule has 0 radical (unpaired) electrons. The summed E-state index contributed by atoms with van der Waals surface area (Å²) >= 11 is 5.94. The number of benzene rings is 3. The molecule has 0 aliphatic carbocycles. The Morgan fingerprint density at radius 3 is 2.69 bits per heavy atom. The van der Waals surface area contributed by atoms with Crippen molar-refractivity contribution >= 4 is 45.6 Å². The second kappa shape index (κ2) is 12.1. The minimum atomic E-state index is -0.529. The number of ether oxygens (including phenoxy) is 1. The Labute approximate surface area is 230 Å². The van der Waals surface area contributed by atoms with Crippen LogP contribution in [-0.2, 0) is 4.79 Å². The van der Waals surface area contributed by atoms with Crippen molar-refractivity contribution in [1.82, 2.24) is 14.9 Å². The molecule has 0 spiro atoms. The van der Waals surface area contributed by atoms with Gasteiger partial charge in [-0.25, -0.2) is 14.4 Å². The van der Waals surface area contributed by atoms with E-state index >= 15 is 0 Å². The number of nitrogens with zero attached hydrogens (tertiary/aromatic N) is 3. The van der Waals surface area contributed by atoms with Crippen LogP contribution in [0.15, 0.2) is 73.1 Å². The first-order valence-electron chi connectivity index (χ1n) is 12.6. The van der Waals surface area contributed by atoms with Crippen LogP contribution in [0.25, 0.3) is 10.9 Å². The quantitative estimate of drug-likeness (QED) is 0.212. The molecule has 1 aliphatic rings. The largest absolute Gasteiger partial charge is 0.504 e. The van der Waals surface area contributed by atoms with E-state index in [2.05, 4.69) is 25.5 Å². The van der Waals surface area contributed by atoms with Crippen LogP contribution >= 0.6 is 11.6 Å². The number of amides is 1. The number of aromatic nitrogens is 2. The van der Waals surface area contributed by atoms with Gasteiger partial charge in [0.2, 0.25) is 5.91 Å². The van der Waals surface area contributed by atoms with Crippen LogP contribution in [0, 0.1) is 5.82 Å². The van der Waals surface area contributed by atoms with E-state index in [1.165, 1.54) is 49.9 Å². The van der Waals surface area contributed by atoms with E-state index in [1.54, 1.807) is 36.4 Å². The first-order chi connectivity index (χ1) is 19.0. The van der Waals surface area contributed by atoms with Crippen LogP contribution in [0.1, 0.15) is 19.3 Å². The van der Waals surface area contributed by atoms with E-state index in [9.17, 15) is 14.3 Å². The third-order valence-electron chi connectivity index (χ3n) is 6.34. The zero-order chi connectivity index (χ0) is 27.2. The summed E-state index contributed by atoms with van der Waals surface area (Å²) in [4.78, 5) is 23.9. The van der Waals surface area contributed by atoms with Gasteiger partial charge in [0.1, 0.15) is 18.0 Å². The van der Waals surface area contributed by atoms with Crippen LogP contribution in [0.5, 0.6) is 17.2 Å². The first kappa shape index (κ1) is 26.4. The highest BCUT2D eigenvalue weighted by Crippen LogP contribution is 2.38. The van der Waals surface area contributed by atoms with Gasteiger partial charge >= 0.3 is 0 Å². The number of rotatable bonds is 8. The zero-order valence-corrected chi connectivity index (χ0v) is 21.8. The van der Waals surface area contributed by atoms with E-state index in [1.807, 2.05) is 6.08 Å². The van der Waals surface area contributed by atoms with Gasteiger partial charge in [-0.05, 0) is 62.3 Å². The molecule has 1 fully saturated rings. The Morgan fingerprint density at radius 1 is 1.08 bits per heavy atom. The highest BCUT2D eigenvalue weighted by Gasteiger charge is 2.16. The average Bonchev–Trinajstić information content (AvgIpc) is 2.93. The molecule has 200 valence electrons. The molecule has 3 aromatic carbocycles. The summed E-state index contributed by atoms with van der Waals surface area (Å²) in [5.41, 5.74) is 1.40. The summed E-state index contributed by atoms with van der Waals surface area (Å²) in [6.07, 6.45) is 8.32. The molecule has 5 rings (SSSR count). The lowest BCUT2D eigenvalue weighted by Crippen LogP contribution is -2.29. The van der Waals surface area contributed by atoms with Gasteiger partial charge in [-0.15, -0.1) is 0 Å². The number of para-hydroxylation sites is 2. The smallest absolute Gasteiger partial charge is 0.248 e. The van der Waals surface area contributed by atoms with E-state index in [0.29, 0.717) is 34.6 Å². The summed E-state index contributed by atoms with van der Waals surface area (Å²) in [6.45, 7) is 2.77. The number of carbonyl (C=O) groups excluding carboxylic acids is 1. The molecule has 1 amide bonds. The number of aromatic hydroxyl groups is 1. The second-order valence-electron chi connectivity index (χ2n) is 9.16. The maximum absolute atomic E-state index is 13.6. The first-order valence-corrected chi connectivity index (χ1v) is 13.0. The van der Waals surface area contributed by atoms with Crippen LogP contribution in [0.3, 0.4) is 0 Å². The molecule has 1 aromatic heterocycles. The Hall–Kier alpha value is -4.21. The van der Waals surface area contributed by atoms with Crippen molar-refractivity contribution in [2.24, 2.45) is 0 Å². The fourth-order valence-electron chi connectivity index (χ4n) is 4.36. The van der Waals surface area contributed by atoms with Crippen molar-refractivity contribution in [3.8, 4) is 17.2 Å². The fraction of sp³-hybridized carbons (Fsp3) is 0.207. The van der Waals surface area contributed by atoms with E-state index in [-0.39, 0.29) is 28.2 Å². The third kappa shape index (κ3) is 6.63. The highest BCUT2D eigenvalue weighted by molar-refractivity contribution is 6.31. The van der Waals surface area contributed by atoms with Crippen LogP contribution in [0.2, 0.25) is 5.02 Å². The molecular formula is C29H27ClFN5O3. The number of fused-ring (bicyclic) bond motifs is 1. The molecule has 1 aliphatic heterocycles. The topological polar surface area (TPSA) is 99.6 Å². The lowest BCUT2D eigenvalue weighted by atomic mass is 10.1. The van der Waals surface area contributed by atoms with Gasteiger partial charge in [0.05, 0.1) is 16.2 Å². The molecule has 10 heteroatoms. The van der Waals surface area contributed by atoms with Crippen molar-refractivity contribution in [3.63, 3.8) is 0 Å². The second-order valence-corrected chi connectivity index (χ2v) is 9.57. The highest BCUT2D eigenvalue weighted by atomic mass is 35.5. The molecule has 0 bridgehead atoms. The van der Waals surface area contributed by atoms with E-state index < -0.39 is 5.82 Å². The number of hydrogen-bond donors (Lipinski definition) is 3. The SMILES string of the molecule is O=C(/C=C/CN1CCCCC1)Nc1cc2c(Nc3ccc(F)c(Cl)c3)ncnc2cc1Oc1ccccc1O. The number of phenols is 1. The lowest BCUT2D eigenvalue weighted by molar-refractivity contribution is -0.111. The van der Waals surface area contributed by atoms with Gasteiger partial charge in [-0.1, -0.05) is 36.2 Å². The Bertz CT molecular complexity index is 1520. The minimum absolute atomic E-state index is 0.0268. The minimum Gasteiger partial charge on any atom is -0.504 e. The molecule has 39 heavy (non-hydrogen) atoms. The van der Waals surface area contributed by atoms with Gasteiger partial charge in [0, 0.05) is 29.8 Å². The van der Waals surface area contributed by atoms with Gasteiger partial charge in [-0.2, -0.15) is 0 Å². The van der Waals surface area contributed by atoms with Crippen molar-refractivity contribution < 1.29 is 19.0 Å². The number of halogens is 2. The van der Waals surface area contributed by atoms with Crippen LogP contribution in [0.4, 0.5) is 21.6 Å². The summed E-state index contributed by atoms with van der Waals surface area (Å²) < 4.78 is 19.6. The summed E-state index contributed by atoms with van der Waals surface area (Å²) in [6, 6.07) is 14.1. The molecular weight excluding hydrogens is 521 g/mol. The Kier molecular flexibility index (Phi) is 8.19. The van der Waals surface area contributed by atoms with Crippen LogP contribution in [-0.4, -0.2) is 45.5 Å². The van der Waals surface area contributed by atoms with Crippen molar-refractivity contribution in [1.29, 1.82) is 0 Å². The molecule has 2 heterocycles. The zero-order valence-electron chi connectivity index (χ0n) is 21.0. The fourth-order valence-corrected chi connectivity index (χ4v) is 4.54. The number of piperidine rings is 1. The van der Waals surface area contributed by atoms with Crippen LogP contribution < -0.4 is 15.4 Å². The predicted octanol–water partition coefficient (Wildman–Crippen LogP) is 6.64. The maximum atomic E-state index is 13.6. The summed E-state index contributed by atoms with van der Waals surface area (Å²) in [7, 11) is 0. The Balaban J connectivity index is 1.46.